The van der Waals surface area contributed by atoms with Crippen molar-refractivity contribution >= 4 is 5.97 Å². The first-order valence-electron chi connectivity index (χ1n) is 9.21. The van der Waals surface area contributed by atoms with Crippen molar-refractivity contribution in [3.8, 4) is 0 Å². The quantitative estimate of drug-likeness (QED) is 0.367. The minimum Gasteiger partial charge on any atom is -0.481 e. The summed E-state index contributed by atoms with van der Waals surface area (Å²) < 4.78 is 0. The first kappa shape index (κ1) is 20.4. The predicted octanol–water partition coefficient (Wildman–Crippen LogP) is 5.04. The third-order valence-electron chi connectivity index (χ3n) is 4.29. The van der Waals surface area contributed by atoms with E-state index in [2.05, 4.69) is 19.1 Å². The van der Waals surface area contributed by atoms with E-state index in [0.717, 1.165) is 25.7 Å². The topological polar surface area (TPSA) is 57.5 Å². The highest BCUT2D eigenvalue weighted by Gasteiger charge is 2.33. The molecule has 3 heteroatoms. The maximum Gasteiger partial charge on any atom is 0.303 e. The molecule has 1 aliphatic carbocycles. The highest BCUT2D eigenvalue weighted by Crippen LogP contribution is 2.43. The average molecular weight is 332 g/mol. The molecule has 0 saturated heterocycles. The van der Waals surface area contributed by atoms with E-state index >= 15 is 0 Å². The normalized spacial score (nSPS) is 22.2. The molecule has 134 valence electrons. The summed E-state index contributed by atoms with van der Waals surface area (Å²) in [5.74, 6) is 0.618. The molecule has 3 nitrogen and oxygen atoms in total. The number of unbranched alkanes of at least 4 members (excludes halogenated alkanes) is 2. The van der Waals surface area contributed by atoms with Crippen molar-refractivity contribution in [1.29, 1.82) is 0 Å². The van der Waals surface area contributed by atoms with Gasteiger partial charge in [0.2, 0.25) is 0 Å². The van der Waals surface area contributed by atoms with Crippen LogP contribution in [-0.2, 0) is 4.79 Å². The summed E-state index contributed by atoms with van der Waals surface area (Å²) in [6, 6.07) is 0. The smallest absolute Gasteiger partial charge is 0.303 e. The van der Waals surface area contributed by atoms with Crippen LogP contribution in [0.1, 0.15) is 58.3 Å². The maximum atomic E-state index is 10.4. The number of aliphatic hydroxyl groups excluding tert-OH is 1. The van der Waals surface area contributed by atoms with E-state index in [1.807, 2.05) is 36.5 Å². The highest BCUT2D eigenvalue weighted by atomic mass is 16.4. The summed E-state index contributed by atoms with van der Waals surface area (Å²) in [6.07, 6.45) is 23.1. The molecule has 0 radical (unpaired) electrons. The second-order valence-electron chi connectivity index (χ2n) is 6.55. The van der Waals surface area contributed by atoms with Gasteiger partial charge in [0.1, 0.15) is 0 Å². The lowest BCUT2D eigenvalue weighted by Gasteiger charge is -2.02. The van der Waals surface area contributed by atoms with E-state index in [4.69, 9.17) is 5.11 Å². The molecular weight excluding hydrogens is 300 g/mol. The van der Waals surface area contributed by atoms with E-state index < -0.39 is 5.97 Å². The molecule has 0 aliphatic heterocycles. The Hall–Kier alpha value is -1.61. The molecule has 0 heterocycles. The number of aliphatic carboxylic acids is 1. The second kappa shape index (κ2) is 12.8. The lowest BCUT2D eigenvalue weighted by Crippen LogP contribution is -2.00. The predicted molar refractivity (Wildman–Crippen MR) is 99.8 cm³/mol. The first-order valence-corrected chi connectivity index (χ1v) is 9.21. The summed E-state index contributed by atoms with van der Waals surface area (Å²) in [7, 11) is 0. The van der Waals surface area contributed by atoms with Crippen LogP contribution in [0.2, 0.25) is 0 Å². The lowest BCUT2D eigenvalue weighted by atomic mass is 10.1. The van der Waals surface area contributed by atoms with Gasteiger partial charge >= 0.3 is 5.97 Å². The van der Waals surface area contributed by atoms with Crippen LogP contribution in [0.15, 0.2) is 48.6 Å². The number of carbonyl (C=O) groups is 1. The number of hydrogen-bond acceptors (Lipinski definition) is 2. The molecule has 0 aromatic heterocycles. The standard InChI is InChI=1S/C21H32O3/c1-2-3-8-14-20(22)15-10-7-5-4-6-9-12-18-17-19(18)13-11-16-21(23)24/h4-7,9-10,12,15,18-20,22H,2-3,8,11,13-14,16-17H2,1H3,(H,23,24)/b6-4+,7-5-,12-9+,15-10+/t18-,19-,20+/m1/s1. The zero-order chi connectivity index (χ0) is 17.6. The number of rotatable bonds is 13. The van der Waals surface area contributed by atoms with Gasteiger partial charge in [0, 0.05) is 6.42 Å². The minimum absolute atomic E-state index is 0.290. The van der Waals surface area contributed by atoms with E-state index in [0.29, 0.717) is 18.3 Å². The summed E-state index contributed by atoms with van der Waals surface area (Å²) in [5, 5.41) is 18.3. The van der Waals surface area contributed by atoms with Gasteiger partial charge in [-0.25, -0.2) is 0 Å². The van der Waals surface area contributed by atoms with Gasteiger partial charge in [-0.05, 0) is 37.5 Å². The molecule has 0 aromatic rings. The van der Waals surface area contributed by atoms with Gasteiger partial charge < -0.3 is 10.2 Å². The van der Waals surface area contributed by atoms with Crippen molar-refractivity contribution in [3.63, 3.8) is 0 Å². The summed E-state index contributed by atoms with van der Waals surface area (Å²) in [5.41, 5.74) is 0. The molecule has 0 unspecified atom stereocenters. The Morgan fingerprint density at radius 2 is 1.79 bits per heavy atom. The van der Waals surface area contributed by atoms with Crippen molar-refractivity contribution in [2.45, 2.75) is 64.4 Å². The monoisotopic (exact) mass is 332 g/mol. The van der Waals surface area contributed by atoms with Crippen LogP contribution in [-0.4, -0.2) is 22.3 Å². The van der Waals surface area contributed by atoms with Crippen LogP contribution in [0.25, 0.3) is 0 Å². The van der Waals surface area contributed by atoms with Gasteiger partial charge in [-0.2, -0.15) is 0 Å². The van der Waals surface area contributed by atoms with Crippen LogP contribution >= 0.6 is 0 Å². The van der Waals surface area contributed by atoms with Crippen LogP contribution in [0.4, 0.5) is 0 Å². The van der Waals surface area contributed by atoms with Gasteiger partial charge in [0.25, 0.3) is 0 Å². The van der Waals surface area contributed by atoms with Crippen LogP contribution in [0.3, 0.4) is 0 Å². The largest absolute Gasteiger partial charge is 0.481 e. The highest BCUT2D eigenvalue weighted by molar-refractivity contribution is 5.66. The summed E-state index contributed by atoms with van der Waals surface area (Å²) >= 11 is 0. The van der Waals surface area contributed by atoms with Crippen LogP contribution < -0.4 is 0 Å². The van der Waals surface area contributed by atoms with Crippen LogP contribution in [0.5, 0.6) is 0 Å². The minimum atomic E-state index is -0.694. The van der Waals surface area contributed by atoms with Crippen LogP contribution in [0, 0.1) is 11.8 Å². The van der Waals surface area contributed by atoms with Gasteiger partial charge in [0.05, 0.1) is 6.10 Å². The van der Waals surface area contributed by atoms with Crippen molar-refractivity contribution in [2.75, 3.05) is 0 Å². The Balaban J connectivity index is 2.07. The van der Waals surface area contributed by atoms with Gasteiger partial charge in [0.15, 0.2) is 0 Å². The summed E-state index contributed by atoms with van der Waals surface area (Å²) in [4.78, 5) is 10.4. The zero-order valence-corrected chi connectivity index (χ0v) is 14.8. The molecule has 1 rings (SSSR count). The molecule has 0 amide bonds. The van der Waals surface area contributed by atoms with E-state index in [-0.39, 0.29) is 6.10 Å². The molecule has 0 bridgehead atoms. The Kier molecular flexibility index (Phi) is 10.9. The number of allylic oxidation sites excluding steroid dienone is 7. The number of hydrogen-bond donors (Lipinski definition) is 2. The van der Waals surface area contributed by atoms with E-state index in [1.54, 1.807) is 0 Å². The fourth-order valence-electron chi connectivity index (χ4n) is 2.71. The van der Waals surface area contributed by atoms with E-state index in [1.165, 1.54) is 19.3 Å². The molecule has 1 aliphatic rings. The average Bonchev–Trinajstić information content (AvgIpc) is 3.28. The lowest BCUT2D eigenvalue weighted by molar-refractivity contribution is -0.137. The Labute approximate surface area is 146 Å². The molecule has 1 saturated carbocycles. The Bertz CT molecular complexity index is 460. The molecule has 0 spiro atoms. The Morgan fingerprint density at radius 3 is 2.50 bits per heavy atom. The van der Waals surface area contributed by atoms with Gasteiger partial charge in [-0.1, -0.05) is 74.8 Å². The van der Waals surface area contributed by atoms with Crippen molar-refractivity contribution in [2.24, 2.45) is 11.8 Å². The molecule has 3 atom stereocenters. The third-order valence-corrected chi connectivity index (χ3v) is 4.29. The van der Waals surface area contributed by atoms with Gasteiger partial charge in [-0.3, -0.25) is 4.79 Å². The number of aliphatic hydroxyl groups is 1. The number of carboxylic acids is 1. The second-order valence-corrected chi connectivity index (χ2v) is 6.55. The SMILES string of the molecule is CCCCC[C@H](O)/C=C/C=C\C=C\C=C\[C@@H]1C[C@H]1CCCC(=O)O. The fraction of sp³-hybridized carbons (Fsp3) is 0.571. The summed E-state index contributed by atoms with van der Waals surface area (Å²) in [6.45, 7) is 2.16. The number of carboxylic acid groups (broad SMARTS) is 1. The molecule has 24 heavy (non-hydrogen) atoms. The third kappa shape index (κ3) is 11.0. The maximum absolute atomic E-state index is 10.4. The Morgan fingerprint density at radius 1 is 1.08 bits per heavy atom. The fourth-order valence-corrected chi connectivity index (χ4v) is 2.71. The van der Waals surface area contributed by atoms with Crippen molar-refractivity contribution in [3.05, 3.63) is 48.6 Å². The molecule has 1 fully saturated rings. The van der Waals surface area contributed by atoms with Crippen molar-refractivity contribution in [1.82, 2.24) is 0 Å². The van der Waals surface area contributed by atoms with Gasteiger partial charge in [-0.15, -0.1) is 0 Å². The molecule has 2 N–H and O–H groups in total. The first-order chi connectivity index (χ1) is 11.6. The van der Waals surface area contributed by atoms with E-state index in [9.17, 15) is 9.90 Å². The van der Waals surface area contributed by atoms with Crippen molar-refractivity contribution < 1.29 is 15.0 Å². The molecular formula is C21H32O3. The molecule has 0 aromatic carbocycles. The zero-order valence-electron chi connectivity index (χ0n) is 14.8.